The molecule has 0 unspecified atom stereocenters. The molecule has 1 aromatic rings. The second-order valence-electron chi connectivity index (χ2n) is 6.27. The fourth-order valence-corrected chi connectivity index (χ4v) is 3.44. The summed E-state index contributed by atoms with van der Waals surface area (Å²) in [7, 11) is 0. The van der Waals surface area contributed by atoms with Crippen molar-refractivity contribution >= 4 is 0 Å². The van der Waals surface area contributed by atoms with Crippen molar-refractivity contribution in [3.8, 4) is 17.9 Å². The molecule has 0 saturated heterocycles. The Kier molecular flexibility index (Phi) is 6.36. The van der Waals surface area contributed by atoms with E-state index in [1.54, 1.807) is 0 Å². The fourth-order valence-electron chi connectivity index (χ4n) is 3.44. The summed E-state index contributed by atoms with van der Waals surface area (Å²) in [6.07, 6.45) is 11.0. The third kappa shape index (κ3) is 5.28. The van der Waals surface area contributed by atoms with Gasteiger partial charge in [-0.1, -0.05) is 63.5 Å². The summed E-state index contributed by atoms with van der Waals surface area (Å²) >= 11 is 0. The third-order valence-corrected chi connectivity index (χ3v) is 4.72. The molecular weight excluding hydrogens is 254 g/mol. The summed E-state index contributed by atoms with van der Waals surface area (Å²) in [4.78, 5) is 0. The molecule has 110 valence electrons. The van der Waals surface area contributed by atoms with Crippen molar-refractivity contribution in [1.29, 1.82) is 5.26 Å². The highest BCUT2D eigenvalue weighted by Gasteiger charge is 2.20. The van der Waals surface area contributed by atoms with Crippen LogP contribution in [0, 0.1) is 35.0 Å². The summed E-state index contributed by atoms with van der Waals surface area (Å²) in [6, 6.07) is 10.2. The molecule has 0 spiro atoms. The molecule has 1 nitrogen and oxygen atoms in total. The van der Waals surface area contributed by atoms with Crippen LogP contribution in [0.3, 0.4) is 0 Å². The zero-order valence-corrected chi connectivity index (χ0v) is 13.1. The van der Waals surface area contributed by atoms with Gasteiger partial charge in [0, 0.05) is 11.5 Å². The van der Waals surface area contributed by atoms with Crippen molar-refractivity contribution in [3.05, 3.63) is 35.4 Å². The molecule has 1 aromatic carbocycles. The van der Waals surface area contributed by atoms with E-state index in [0.29, 0.717) is 0 Å². The molecule has 0 amide bonds. The molecule has 0 bridgehead atoms. The summed E-state index contributed by atoms with van der Waals surface area (Å²) in [5.74, 6) is 7.20. The van der Waals surface area contributed by atoms with Crippen molar-refractivity contribution in [1.82, 2.24) is 0 Å². The van der Waals surface area contributed by atoms with Crippen LogP contribution in [0.2, 0.25) is 0 Å². The van der Waals surface area contributed by atoms with Gasteiger partial charge in [-0.3, -0.25) is 0 Å². The number of benzene rings is 1. The normalized spacial score (nSPS) is 21.1. The molecule has 0 heterocycles. The summed E-state index contributed by atoms with van der Waals surface area (Å²) < 4.78 is 0. The van der Waals surface area contributed by atoms with Crippen LogP contribution in [0.5, 0.6) is 0 Å². The molecule has 0 N–H and O–H groups in total. The predicted molar refractivity (Wildman–Crippen MR) is 87.6 cm³/mol. The first-order chi connectivity index (χ1) is 10.3. The van der Waals surface area contributed by atoms with E-state index < -0.39 is 0 Å². The van der Waals surface area contributed by atoms with E-state index in [-0.39, 0.29) is 0 Å². The SMILES string of the molecule is CCC[C@H]1CC[C@H](CCc2ccc(C#CC#N)cc2)CC1. The van der Waals surface area contributed by atoms with Gasteiger partial charge >= 0.3 is 0 Å². The molecule has 0 aromatic heterocycles. The fraction of sp³-hybridized carbons (Fsp3) is 0.550. The van der Waals surface area contributed by atoms with Crippen LogP contribution in [-0.2, 0) is 6.42 Å². The first kappa shape index (κ1) is 15.7. The van der Waals surface area contributed by atoms with E-state index in [0.717, 1.165) is 17.4 Å². The highest BCUT2D eigenvalue weighted by Crippen LogP contribution is 2.33. The second-order valence-corrected chi connectivity index (χ2v) is 6.27. The van der Waals surface area contributed by atoms with Crippen LogP contribution in [0.4, 0.5) is 0 Å². The molecule has 0 radical (unpaired) electrons. The monoisotopic (exact) mass is 279 g/mol. The Balaban J connectivity index is 1.75. The van der Waals surface area contributed by atoms with Gasteiger partial charge in [-0.05, 0) is 42.4 Å². The lowest BCUT2D eigenvalue weighted by atomic mass is 9.78. The number of aryl methyl sites for hydroxylation is 1. The van der Waals surface area contributed by atoms with Crippen LogP contribution >= 0.6 is 0 Å². The van der Waals surface area contributed by atoms with Crippen molar-refractivity contribution in [2.75, 3.05) is 0 Å². The Hall–Kier alpha value is -1.73. The lowest BCUT2D eigenvalue weighted by Crippen LogP contribution is -2.15. The van der Waals surface area contributed by atoms with Gasteiger partial charge in [-0.2, -0.15) is 5.26 Å². The van der Waals surface area contributed by atoms with E-state index in [9.17, 15) is 0 Å². The third-order valence-electron chi connectivity index (χ3n) is 4.72. The minimum Gasteiger partial charge on any atom is -0.183 e. The Morgan fingerprint density at radius 3 is 2.19 bits per heavy atom. The van der Waals surface area contributed by atoms with Gasteiger partial charge in [-0.15, -0.1) is 0 Å². The van der Waals surface area contributed by atoms with E-state index in [4.69, 9.17) is 5.26 Å². The van der Waals surface area contributed by atoms with Crippen LogP contribution < -0.4 is 0 Å². The number of hydrogen-bond acceptors (Lipinski definition) is 1. The molecule has 0 atom stereocenters. The Morgan fingerprint density at radius 2 is 1.62 bits per heavy atom. The predicted octanol–water partition coefficient (Wildman–Crippen LogP) is 5.10. The topological polar surface area (TPSA) is 23.8 Å². The number of hydrogen-bond donors (Lipinski definition) is 0. The Labute approximate surface area is 129 Å². The zero-order chi connectivity index (χ0) is 14.9. The van der Waals surface area contributed by atoms with Gasteiger partial charge in [0.1, 0.15) is 0 Å². The maximum Gasteiger partial charge on any atom is 0.152 e. The maximum absolute atomic E-state index is 8.44. The quantitative estimate of drug-likeness (QED) is 0.688. The van der Waals surface area contributed by atoms with E-state index in [2.05, 4.69) is 30.9 Å². The molecule has 0 aliphatic heterocycles. The van der Waals surface area contributed by atoms with Crippen LogP contribution in [0.1, 0.15) is 63.0 Å². The summed E-state index contributed by atoms with van der Waals surface area (Å²) in [6.45, 7) is 2.30. The van der Waals surface area contributed by atoms with Crippen molar-refractivity contribution in [3.63, 3.8) is 0 Å². The van der Waals surface area contributed by atoms with E-state index in [1.807, 2.05) is 18.2 Å². The largest absolute Gasteiger partial charge is 0.183 e. The average molecular weight is 279 g/mol. The highest BCUT2D eigenvalue weighted by molar-refractivity contribution is 5.39. The number of rotatable bonds is 5. The molecule has 1 saturated carbocycles. The van der Waals surface area contributed by atoms with Crippen molar-refractivity contribution in [2.24, 2.45) is 11.8 Å². The zero-order valence-electron chi connectivity index (χ0n) is 13.1. The second kappa shape index (κ2) is 8.53. The highest BCUT2D eigenvalue weighted by atomic mass is 14.3. The molecular formula is C20H25N. The summed E-state index contributed by atoms with van der Waals surface area (Å²) in [5, 5.41) is 8.44. The average Bonchev–Trinajstić information content (AvgIpc) is 2.53. The Bertz CT molecular complexity index is 516. The van der Waals surface area contributed by atoms with Crippen LogP contribution in [0.25, 0.3) is 0 Å². The molecule has 1 aliphatic carbocycles. The number of nitrogens with zero attached hydrogens (tertiary/aromatic N) is 1. The van der Waals surface area contributed by atoms with Gasteiger partial charge in [0.2, 0.25) is 0 Å². The van der Waals surface area contributed by atoms with Gasteiger partial charge in [0.05, 0.1) is 0 Å². The minimum atomic E-state index is 0.927. The molecule has 1 fully saturated rings. The lowest BCUT2D eigenvalue weighted by Gasteiger charge is -2.28. The van der Waals surface area contributed by atoms with Crippen LogP contribution in [0.15, 0.2) is 24.3 Å². The van der Waals surface area contributed by atoms with Gasteiger partial charge in [-0.25, -0.2) is 0 Å². The smallest absolute Gasteiger partial charge is 0.152 e. The molecule has 1 aliphatic rings. The first-order valence-electron chi connectivity index (χ1n) is 8.31. The first-order valence-corrected chi connectivity index (χ1v) is 8.31. The van der Waals surface area contributed by atoms with Crippen molar-refractivity contribution in [2.45, 2.75) is 58.3 Å². The maximum atomic E-state index is 8.44. The molecule has 1 heteroatoms. The number of nitriles is 1. The van der Waals surface area contributed by atoms with E-state index in [1.165, 1.54) is 56.9 Å². The Morgan fingerprint density at radius 1 is 1.00 bits per heavy atom. The van der Waals surface area contributed by atoms with Gasteiger partial charge < -0.3 is 0 Å². The summed E-state index contributed by atoms with van der Waals surface area (Å²) in [5.41, 5.74) is 2.33. The van der Waals surface area contributed by atoms with Gasteiger partial charge in [0.15, 0.2) is 6.07 Å². The van der Waals surface area contributed by atoms with Crippen molar-refractivity contribution < 1.29 is 0 Å². The minimum absolute atomic E-state index is 0.927. The molecule has 2 rings (SSSR count). The standard InChI is InChI=1S/C20H25N/c1-2-4-17-6-10-19(11-7-17)14-15-20-12-8-18(9-13-20)5-3-16-21/h8-9,12-13,17,19H,2,4,6-7,10-11,14-15H2,1H3/t17-,19-. The van der Waals surface area contributed by atoms with Gasteiger partial charge in [0.25, 0.3) is 0 Å². The van der Waals surface area contributed by atoms with E-state index >= 15 is 0 Å². The van der Waals surface area contributed by atoms with Crippen LogP contribution in [-0.4, -0.2) is 0 Å². The lowest BCUT2D eigenvalue weighted by molar-refractivity contribution is 0.252. The molecule has 21 heavy (non-hydrogen) atoms.